The highest BCUT2D eigenvalue weighted by Crippen LogP contribution is 2.29. The van der Waals surface area contributed by atoms with E-state index in [-0.39, 0.29) is 0 Å². The normalized spacial score (nSPS) is 10.3. The molecule has 0 unspecified atom stereocenters. The summed E-state index contributed by atoms with van der Waals surface area (Å²) < 4.78 is 0. The first-order valence-electron chi connectivity index (χ1n) is 4.61. The minimum atomic E-state index is 0.581. The molecule has 0 spiro atoms. The Morgan fingerprint density at radius 3 is 2.53 bits per heavy atom. The van der Waals surface area contributed by atoms with Crippen LogP contribution in [0.1, 0.15) is 5.56 Å². The third-order valence-corrected chi connectivity index (χ3v) is 3.03. The van der Waals surface area contributed by atoms with Crippen LogP contribution in [0.5, 0.6) is 0 Å². The molecule has 2 rings (SSSR count). The molecule has 0 amide bonds. The second-order valence-electron chi connectivity index (χ2n) is 3.34. The van der Waals surface area contributed by atoms with E-state index in [1.165, 1.54) is 0 Å². The fourth-order valence-corrected chi connectivity index (χ4v) is 1.79. The van der Waals surface area contributed by atoms with Crippen molar-refractivity contribution in [2.75, 3.05) is 0 Å². The maximum atomic E-state index is 5.97. The van der Waals surface area contributed by atoms with Crippen LogP contribution >= 0.6 is 23.2 Å². The molecule has 1 radical (unpaired) electrons. The molecule has 15 heavy (non-hydrogen) atoms. The highest BCUT2D eigenvalue weighted by Gasteiger charge is 2.03. The summed E-state index contributed by atoms with van der Waals surface area (Å²) in [6, 6.07) is 14.7. The van der Waals surface area contributed by atoms with Crippen molar-refractivity contribution in [2.45, 2.75) is 6.92 Å². The minimum absolute atomic E-state index is 0.581. The molecule has 2 aromatic rings. The third-order valence-electron chi connectivity index (χ3n) is 2.29. The van der Waals surface area contributed by atoms with Crippen LogP contribution in [0.15, 0.2) is 36.4 Å². The first kappa shape index (κ1) is 10.5. The van der Waals surface area contributed by atoms with Crippen molar-refractivity contribution in [3.63, 3.8) is 0 Å². The highest BCUT2D eigenvalue weighted by atomic mass is 35.5. The Balaban J connectivity index is 2.55. The van der Waals surface area contributed by atoms with E-state index in [9.17, 15) is 0 Å². The van der Waals surface area contributed by atoms with Crippen molar-refractivity contribution in [2.24, 2.45) is 0 Å². The molecule has 0 heterocycles. The Labute approximate surface area is 99.5 Å². The van der Waals surface area contributed by atoms with Crippen LogP contribution in [0.4, 0.5) is 0 Å². The van der Waals surface area contributed by atoms with E-state index in [1.54, 1.807) is 0 Å². The molecule has 0 saturated heterocycles. The Morgan fingerprint density at radius 1 is 1.07 bits per heavy atom. The summed E-state index contributed by atoms with van der Waals surface area (Å²) >= 11 is 11.8. The topological polar surface area (TPSA) is 0 Å². The number of aryl methyl sites for hydroxylation is 1. The smallest absolute Gasteiger partial charge is 0.0598 e. The van der Waals surface area contributed by atoms with E-state index in [1.807, 2.05) is 43.3 Å². The van der Waals surface area contributed by atoms with Gasteiger partial charge >= 0.3 is 0 Å². The predicted octanol–water partition coefficient (Wildman–Crippen LogP) is 4.77. The SMILES string of the molecule is Cc1[c]cccc1-c1ccc(Cl)c(Cl)c1. The van der Waals surface area contributed by atoms with Crippen molar-refractivity contribution in [3.05, 3.63) is 58.1 Å². The maximum Gasteiger partial charge on any atom is 0.0598 e. The van der Waals surface area contributed by atoms with E-state index in [4.69, 9.17) is 23.2 Å². The van der Waals surface area contributed by atoms with Gasteiger partial charge in [0.25, 0.3) is 0 Å². The van der Waals surface area contributed by atoms with Crippen LogP contribution < -0.4 is 0 Å². The van der Waals surface area contributed by atoms with Crippen LogP contribution in [0, 0.1) is 13.0 Å². The maximum absolute atomic E-state index is 5.97. The number of halogens is 2. The van der Waals surface area contributed by atoms with Crippen LogP contribution in [-0.2, 0) is 0 Å². The van der Waals surface area contributed by atoms with Gasteiger partial charge in [-0.3, -0.25) is 0 Å². The fourth-order valence-electron chi connectivity index (χ4n) is 1.50. The molecular formula is C13H9Cl2. The van der Waals surface area contributed by atoms with Crippen molar-refractivity contribution in [3.8, 4) is 11.1 Å². The molecule has 0 nitrogen and oxygen atoms in total. The summed E-state index contributed by atoms with van der Waals surface area (Å²) in [6.45, 7) is 2.03. The molecule has 0 bridgehead atoms. The van der Waals surface area contributed by atoms with E-state index < -0.39 is 0 Å². The van der Waals surface area contributed by atoms with E-state index >= 15 is 0 Å². The fraction of sp³-hybridized carbons (Fsp3) is 0.0769. The average Bonchev–Trinajstić information content (AvgIpc) is 2.23. The van der Waals surface area contributed by atoms with Crippen LogP contribution in [-0.4, -0.2) is 0 Å². The zero-order chi connectivity index (χ0) is 10.8. The zero-order valence-corrected chi connectivity index (χ0v) is 9.73. The predicted molar refractivity (Wildman–Crippen MR) is 65.5 cm³/mol. The molecule has 0 fully saturated rings. The Kier molecular flexibility index (Phi) is 2.99. The van der Waals surface area contributed by atoms with Crippen LogP contribution in [0.3, 0.4) is 0 Å². The molecule has 75 valence electrons. The minimum Gasteiger partial charge on any atom is -0.0827 e. The average molecular weight is 236 g/mol. The molecule has 0 aromatic heterocycles. The Bertz CT molecular complexity index is 490. The second-order valence-corrected chi connectivity index (χ2v) is 4.15. The van der Waals surface area contributed by atoms with Crippen LogP contribution in [0.2, 0.25) is 10.0 Å². The summed E-state index contributed by atoms with van der Waals surface area (Å²) in [7, 11) is 0. The van der Waals surface area contributed by atoms with Crippen molar-refractivity contribution >= 4 is 23.2 Å². The molecule has 0 aliphatic rings. The number of benzene rings is 2. The van der Waals surface area contributed by atoms with Gasteiger partial charge in [0.2, 0.25) is 0 Å². The molecule has 2 heteroatoms. The zero-order valence-electron chi connectivity index (χ0n) is 8.22. The lowest BCUT2D eigenvalue weighted by molar-refractivity contribution is 1.45. The van der Waals surface area contributed by atoms with Gasteiger partial charge < -0.3 is 0 Å². The summed E-state index contributed by atoms with van der Waals surface area (Å²) in [5.74, 6) is 0. The lowest BCUT2D eigenvalue weighted by Gasteiger charge is -2.06. The number of hydrogen-bond acceptors (Lipinski definition) is 0. The monoisotopic (exact) mass is 235 g/mol. The summed E-state index contributed by atoms with van der Waals surface area (Å²) in [5, 5.41) is 1.16. The lowest BCUT2D eigenvalue weighted by atomic mass is 10.0. The first-order valence-corrected chi connectivity index (χ1v) is 5.37. The second kappa shape index (κ2) is 4.26. The van der Waals surface area contributed by atoms with Gasteiger partial charge in [-0.05, 0) is 41.8 Å². The first-order chi connectivity index (χ1) is 7.18. The molecule has 0 aliphatic carbocycles. The van der Waals surface area contributed by atoms with Crippen molar-refractivity contribution in [1.82, 2.24) is 0 Å². The van der Waals surface area contributed by atoms with Gasteiger partial charge in [-0.1, -0.05) is 47.5 Å². The quantitative estimate of drug-likeness (QED) is 0.669. The van der Waals surface area contributed by atoms with Gasteiger partial charge in [-0.25, -0.2) is 0 Å². The van der Waals surface area contributed by atoms with Crippen molar-refractivity contribution < 1.29 is 0 Å². The molecule has 0 atom stereocenters. The summed E-state index contributed by atoms with van der Waals surface area (Å²) in [6.07, 6.45) is 0. The molecule has 2 aromatic carbocycles. The molecule has 0 N–H and O–H groups in total. The van der Waals surface area contributed by atoms with Crippen LogP contribution in [0.25, 0.3) is 11.1 Å². The van der Waals surface area contributed by atoms with Gasteiger partial charge in [0.05, 0.1) is 10.0 Å². The van der Waals surface area contributed by atoms with Crippen molar-refractivity contribution in [1.29, 1.82) is 0 Å². The molecule has 0 aliphatic heterocycles. The van der Waals surface area contributed by atoms with Gasteiger partial charge in [0.1, 0.15) is 0 Å². The Morgan fingerprint density at radius 2 is 1.87 bits per heavy atom. The number of rotatable bonds is 1. The Hall–Kier alpha value is -0.980. The van der Waals surface area contributed by atoms with E-state index in [2.05, 4.69) is 6.07 Å². The van der Waals surface area contributed by atoms with Gasteiger partial charge in [-0.15, -0.1) is 0 Å². The lowest BCUT2D eigenvalue weighted by Crippen LogP contribution is -1.82. The van der Waals surface area contributed by atoms with Gasteiger partial charge in [0, 0.05) is 0 Å². The number of hydrogen-bond donors (Lipinski definition) is 0. The van der Waals surface area contributed by atoms with Gasteiger partial charge in [0.15, 0.2) is 0 Å². The van der Waals surface area contributed by atoms with E-state index in [0.29, 0.717) is 10.0 Å². The largest absolute Gasteiger partial charge is 0.0827 e. The third kappa shape index (κ3) is 2.17. The van der Waals surface area contributed by atoms with Gasteiger partial charge in [-0.2, -0.15) is 0 Å². The molecule has 0 saturated carbocycles. The summed E-state index contributed by atoms with van der Waals surface area (Å²) in [5.41, 5.74) is 3.31. The summed E-state index contributed by atoms with van der Waals surface area (Å²) in [4.78, 5) is 0. The highest BCUT2D eigenvalue weighted by molar-refractivity contribution is 6.42. The standard InChI is InChI=1S/C13H9Cl2/c1-9-4-2-3-5-11(9)10-6-7-12(14)13(15)8-10/h2-3,5-8H,1H3. The molecular weight excluding hydrogens is 227 g/mol. The van der Waals surface area contributed by atoms with E-state index in [0.717, 1.165) is 16.7 Å².